The molecule has 0 radical (unpaired) electrons. The van der Waals surface area contributed by atoms with Gasteiger partial charge >= 0.3 is 12.1 Å². The Bertz CT molecular complexity index is 1200. The predicted octanol–water partition coefficient (Wildman–Crippen LogP) is 4.52. The molecule has 2 atom stereocenters. The van der Waals surface area contributed by atoms with Gasteiger partial charge in [-0.15, -0.1) is 10.2 Å². The first-order valence-electron chi connectivity index (χ1n) is 11.2. The van der Waals surface area contributed by atoms with Gasteiger partial charge in [-0.2, -0.15) is 13.2 Å². The van der Waals surface area contributed by atoms with E-state index in [2.05, 4.69) is 28.5 Å². The van der Waals surface area contributed by atoms with Crippen LogP contribution in [0.2, 0.25) is 0 Å². The maximum absolute atomic E-state index is 12.5. The highest BCUT2D eigenvalue weighted by molar-refractivity contribution is 5.95. The third kappa shape index (κ3) is 6.19. The van der Waals surface area contributed by atoms with Crippen LogP contribution < -0.4 is 16.0 Å². The molecule has 1 aliphatic rings. The number of para-hydroxylation sites is 1. The smallest absolute Gasteiger partial charge is 0.475 e. The molecule has 36 heavy (non-hydrogen) atoms. The maximum atomic E-state index is 12.5. The largest absolute Gasteiger partial charge is 0.490 e. The molecule has 1 aromatic heterocycles. The summed E-state index contributed by atoms with van der Waals surface area (Å²) in [7, 11) is 0. The molecule has 3 aromatic rings. The van der Waals surface area contributed by atoms with Gasteiger partial charge in [-0.3, -0.25) is 4.79 Å². The first kappa shape index (κ1) is 26.7. The second-order valence-corrected chi connectivity index (χ2v) is 8.04. The molecule has 1 amide bonds. The van der Waals surface area contributed by atoms with Gasteiger partial charge in [-0.1, -0.05) is 25.1 Å². The molecule has 0 fully saturated rings. The zero-order chi connectivity index (χ0) is 26.5. The molecule has 1 aliphatic heterocycles. The Labute approximate surface area is 205 Å². The molecule has 9 nitrogen and oxygen atoms in total. The van der Waals surface area contributed by atoms with Crippen LogP contribution in [0.3, 0.4) is 0 Å². The Morgan fingerprint density at radius 3 is 2.36 bits per heavy atom. The van der Waals surface area contributed by atoms with Crippen LogP contribution in [-0.4, -0.2) is 39.4 Å². The number of anilines is 2. The number of hydrogen-bond donors (Lipinski definition) is 3. The fourth-order valence-electron chi connectivity index (χ4n) is 3.86. The van der Waals surface area contributed by atoms with Crippen LogP contribution in [0.25, 0.3) is 11.5 Å². The second kappa shape index (κ2) is 11.2. The minimum absolute atomic E-state index is 0.125. The molecule has 12 heteroatoms. The predicted molar refractivity (Wildman–Crippen MR) is 126 cm³/mol. The van der Waals surface area contributed by atoms with Gasteiger partial charge in [-0.05, 0) is 49.2 Å². The minimum Gasteiger partial charge on any atom is -0.475 e. The Balaban J connectivity index is 0.000000454. The number of carbonyl (C=O) groups excluding carboxylic acids is 1. The fourth-order valence-corrected chi connectivity index (χ4v) is 3.86. The lowest BCUT2D eigenvalue weighted by Gasteiger charge is -2.40. The highest BCUT2D eigenvalue weighted by Gasteiger charge is 2.38. The van der Waals surface area contributed by atoms with Gasteiger partial charge in [0.05, 0.1) is 12.6 Å². The van der Waals surface area contributed by atoms with Gasteiger partial charge in [0.15, 0.2) is 0 Å². The van der Waals surface area contributed by atoms with Crippen molar-refractivity contribution < 1.29 is 32.3 Å². The molecule has 4 N–H and O–H groups in total. The molecule has 0 spiro atoms. The van der Waals surface area contributed by atoms with Crippen molar-refractivity contribution in [3.05, 3.63) is 60.0 Å². The van der Waals surface area contributed by atoms with Gasteiger partial charge < -0.3 is 25.5 Å². The van der Waals surface area contributed by atoms with Gasteiger partial charge in [0, 0.05) is 29.4 Å². The van der Waals surface area contributed by atoms with E-state index in [4.69, 9.17) is 20.1 Å². The van der Waals surface area contributed by atoms with Crippen molar-refractivity contribution in [3.63, 3.8) is 0 Å². The molecular formula is C24H26F3N5O4. The van der Waals surface area contributed by atoms with E-state index in [1.807, 2.05) is 54.3 Å². The Morgan fingerprint density at radius 2 is 1.81 bits per heavy atom. The van der Waals surface area contributed by atoms with Crippen molar-refractivity contribution in [2.24, 2.45) is 5.73 Å². The number of rotatable bonds is 5. The number of benzene rings is 2. The molecular weight excluding hydrogens is 479 g/mol. The second-order valence-electron chi connectivity index (χ2n) is 8.04. The lowest BCUT2D eigenvalue weighted by Crippen LogP contribution is -2.44. The van der Waals surface area contributed by atoms with E-state index in [1.54, 1.807) is 0 Å². The highest BCUT2D eigenvalue weighted by atomic mass is 19.4. The van der Waals surface area contributed by atoms with Gasteiger partial charge in [0.1, 0.15) is 0 Å². The molecule has 2 heterocycles. The molecule has 4 rings (SSSR count). The zero-order valence-corrected chi connectivity index (χ0v) is 19.6. The summed E-state index contributed by atoms with van der Waals surface area (Å²) >= 11 is 0. The Morgan fingerprint density at radius 1 is 1.17 bits per heavy atom. The monoisotopic (exact) mass is 505 g/mol. The number of halogens is 3. The summed E-state index contributed by atoms with van der Waals surface area (Å²) in [5.41, 5.74) is 9.50. The van der Waals surface area contributed by atoms with Crippen LogP contribution in [0.5, 0.6) is 0 Å². The zero-order valence-electron chi connectivity index (χ0n) is 19.6. The number of carbonyl (C=O) groups is 2. The van der Waals surface area contributed by atoms with Crippen LogP contribution in [0, 0.1) is 0 Å². The Hall–Kier alpha value is -3.93. The number of nitrogens with zero attached hydrogens (tertiary/aromatic N) is 3. The lowest BCUT2D eigenvalue weighted by atomic mass is 9.91. The average molecular weight is 505 g/mol. The summed E-state index contributed by atoms with van der Waals surface area (Å²) in [5.74, 6) is -1.72. The van der Waals surface area contributed by atoms with E-state index in [1.165, 1.54) is 0 Å². The van der Waals surface area contributed by atoms with Crippen LogP contribution in [-0.2, 0) is 16.1 Å². The first-order valence-corrected chi connectivity index (χ1v) is 11.2. The average Bonchev–Trinajstić information content (AvgIpc) is 3.33. The molecule has 0 saturated heterocycles. The first-order chi connectivity index (χ1) is 17.0. The van der Waals surface area contributed by atoms with Crippen molar-refractivity contribution in [2.75, 3.05) is 10.2 Å². The topological polar surface area (TPSA) is 135 Å². The quantitative estimate of drug-likeness (QED) is 0.461. The summed E-state index contributed by atoms with van der Waals surface area (Å²) in [6, 6.07) is 16.3. The van der Waals surface area contributed by atoms with Crippen molar-refractivity contribution >= 4 is 23.3 Å². The summed E-state index contributed by atoms with van der Waals surface area (Å²) < 4.78 is 37.2. The number of nitrogens with one attached hydrogen (secondary N) is 1. The standard InChI is InChI=1S/C22H25N5O2.C2HF3O2/c1-3-21(28)27-14(2)12-18(17-6-4-5-7-19(17)27)24-16-10-8-15(9-11-16)22-26-25-20(13-23)29-22;3-2(4,5)1(6)7/h4-11,14,18,24H,3,12-13,23H2,1-2H3;(H,6,7)/t14-,18+;/m0./s1. The molecule has 0 bridgehead atoms. The van der Waals surface area contributed by atoms with Crippen molar-refractivity contribution in [1.82, 2.24) is 10.2 Å². The number of carboxylic acids is 1. The van der Waals surface area contributed by atoms with E-state index in [0.717, 1.165) is 28.9 Å². The van der Waals surface area contributed by atoms with Crippen LogP contribution in [0.1, 0.15) is 44.2 Å². The summed E-state index contributed by atoms with van der Waals surface area (Å²) in [5, 5.41) is 18.7. The summed E-state index contributed by atoms with van der Waals surface area (Å²) in [4.78, 5) is 23.3. The third-order valence-electron chi connectivity index (χ3n) is 5.52. The molecule has 0 saturated carbocycles. The molecule has 2 aromatic carbocycles. The van der Waals surface area contributed by atoms with E-state index in [9.17, 15) is 18.0 Å². The van der Waals surface area contributed by atoms with Crippen LogP contribution in [0.15, 0.2) is 52.9 Å². The normalized spacial score (nSPS) is 17.0. The van der Waals surface area contributed by atoms with Crippen molar-refractivity contribution in [1.29, 1.82) is 0 Å². The van der Waals surface area contributed by atoms with Gasteiger partial charge in [-0.25, -0.2) is 4.79 Å². The number of amides is 1. The van der Waals surface area contributed by atoms with E-state index in [-0.39, 0.29) is 24.5 Å². The number of alkyl halides is 3. The number of hydrogen-bond acceptors (Lipinski definition) is 7. The number of carboxylic acid groups (broad SMARTS) is 1. The van der Waals surface area contributed by atoms with Crippen LogP contribution >= 0.6 is 0 Å². The van der Waals surface area contributed by atoms with Gasteiger partial charge in [0.25, 0.3) is 0 Å². The molecule has 0 unspecified atom stereocenters. The third-order valence-corrected chi connectivity index (χ3v) is 5.52. The van der Waals surface area contributed by atoms with Crippen molar-refractivity contribution in [2.45, 2.75) is 51.5 Å². The summed E-state index contributed by atoms with van der Waals surface area (Å²) in [6.07, 6.45) is -3.74. The highest BCUT2D eigenvalue weighted by Crippen LogP contribution is 2.39. The van der Waals surface area contributed by atoms with E-state index < -0.39 is 12.1 Å². The lowest BCUT2D eigenvalue weighted by molar-refractivity contribution is -0.192. The van der Waals surface area contributed by atoms with E-state index >= 15 is 0 Å². The maximum Gasteiger partial charge on any atom is 0.490 e. The minimum atomic E-state index is -5.08. The number of fused-ring (bicyclic) bond motifs is 1. The number of aromatic nitrogens is 2. The molecule has 192 valence electrons. The molecule has 0 aliphatic carbocycles. The summed E-state index contributed by atoms with van der Waals surface area (Å²) in [6.45, 7) is 4.23. The van der Waals surface area contributed by atoms with Gasteiger partial charge in [0.2, 0.25) is 17.7 Å². The number of aliphatic carboxylic acids is 1. The number of nitrogens with two attached hydrogens (primary N) is 1. The van der Waals surface area contributed by atoms with Crippen LogP contribution in [0.4, 0.5) is 24.5 Å². The SMILES string of the molecule is CCC(=O)N1c2ccccc2[C@H](Nc2ccc(-c3nnc(CN)o3)cc2)C[C@@H]1C.O=C(O)C(F)(F)F. The van der Waals surface area contributed by atoms with Crippen molar-refractivity contribution in [3.8, 4) is 11.5 Å². The fraction of sp³-hybridized carbons (Fsp3) is 0.333. The van der Waals surface area contributed by atoms with E-state index in [0.29, 0.717) is 18.2 Å². The Kier molecular flexibility index (Phi) is 8.30.